The third kappa shape index (κ3) is 6.16. The van der Waals surface area contributed by atoms with E-state index in [-0.39, 0.29) is 5.75 Å². The zero-order valence-corrected chi connectivity index (χ0v) is 11.8. The lowest BCUT2D eigenvalue weighted by Crippen LogP contribution is -2.07. The molecule has 5 heteroatoms. The molecule has 17 heavy (non-hydrogen) atoms. The van der Waals surface area contributed by atoms with Crippen molar-refractivity contribution in [3.8, 4) is 11.5 Å². The minimum absolute atomic E-state index is 0.236. The highest BCUT2D eigenvalue weighted by atomic mass is 32.2. The number of rotatable bonds is 4. The summed E-state index contributed by atoms with van der Waals surface area (Å²) in [4.78, 5) is 0. The van der Waals surface area contributed by atoms with Gasteiger partial charge in [-0.2, -0.15) is 8.42 Å². The summed E-state index contributed by atoms with van der Waals surface area (Å²) in [7, 11) is -3.51. The zero-order valence-electron chi connectivity index (χ0n) is 11.0. The molecule has 0 aromatic heterocycles. The summed E-state index contributed by atoms with van der Waals surface area (Å²) in [6.07, 6.45) is 1.01. The highest BCUT2D eigenvalue weighted by Gasteiger charge is 2.10. The van der Waals surface area contributed by atoms with Gasteiger partial charge in [-0.15, -0.1) is 0 Å². The van der Waals surface area contributed by atoms with Crippen LogP contribution in [0.25, 0.3) is 0 Å². The number of benzene rings is 1. The van der Waals surface area contributed by atoms with Crippen molar-refractivity contribution in [1.82, 2.24) is 0 Å². The van der Waals surface area contributed by atoms with E-state index in [1.807, 2.05) is 33.8 Å². The zero-order chi connectivity index (χ0) is 13.5. The van der Waals surface area contributed by atoms with Crippen molar-refractivity contribution in [3.63, 3.8) is 0 Å². The minimum atomic E-state index is -3.51. The Morgan fingerprint density at radius 2 is 1.76 bits per heavy atom. The summed E-state index contributed by atoms with van der Waals surface area (Å²) in [6.45, 7) is 8.14. The van der Waals surface area contributed by atoms with Crippen molar-refractivity contribution >= 4 is 10.1 Å². The van der Waals surface area contributed by atoms with E-state index in [1.54, 1.807) is 12.1 Å². The molecule has 0 N–H and O–H groups in total. The maximum atomic E-state index is 11.0. The molecule has 98 valence electrons. The van der Waals surface area contributed by atoms with Gasteiger partial charge in [0, 0.05) is 0 Å². The predicted molar refractivity (Wildman–Crippen MR) is 69.2 cm³/mol. The molecule has 0 fully saturated rings. The molecule has 1 rings (SSSR count). The first-order valence-electron chi connectivity index (χ1n) is 5.55. The SMILES string of the molecule is CC.CCOc1ccc(C)cc1OS(C)(=O)=O. The summed E-state index contributed by atoms with van der Waals surface area (Å²) >= 11 is 0. The largest absolute Gasteiger partial charge is 0.490 e. The molecule has 0 radical (unpaired) electrons. The fraction of sp³-hybridized carbons (Fsp3) is 0.500. The Bertz CT molecular complexity index is 438. The van der Waals surface area contributed by atoms with Crippen LogP contribution in [0.4, 0.5) is 0 Å². The molecule has 0 bridgehead atoms. The second-order valence-electron chi connectivity index (χ2n) is 3.17. The van der Waals surface area contributed by atoms with Crippen LogP contribution in [0.3, 0.4) is 0 Å². The smallest absolute Gasteiger partial charge is 0.306 e. The van der Waals surface area contributed by atoms with Gasteiger partial charge in [-0.1, -0.05) is 19.9 Å². The van der Waals surface area contributed by atoms with Crippen LogP contribution in [-0.4, -0.2) is 21.3 Å². The van der Waals surface area contributed by atoms with E-state index in [1.165, 1.54) is 0 Å². The van der Waals surface area contributed by atoms with E-state index in [0.717, 1.165) is 11.8 Å². The highest BCUT2D eigenvalue weighted by Crippen LogP contribution is 2.29. The van der Waals surface area contributed by atoms with Crippen molar-refractivity contribution in [2.24, 2.45) is 0 Å². The average Bonchev–Trinajstić information content (AvgIpc) is 2.23. The van der Waals surface area contributed by atoms with Crippen LogP contribution in [0.1, 0.15) is 26.3 Å². The molecule has 4 nitrogen and oxygen atoms in total. The van der Waals surface area contributed by atoms with Crippen LogP contribution >= 0.6 is 0 Å². The maximum Gasteiger partial charge on any atom is 0.306 e. The number of hydrogen-bond acceptors (Lipinski definition) is 4. The van der Waals surface area contributed by atoms with Gasteiger partial charge in [-0.3, -0.25) is 0 Å². The Balaban J connectivity index is 0.00000121. The summed E-state index contributed by atoms with van der Waals surface area (Å²) in [5, 5.41) is 0. The van der Waals surface area contributed by atoms with Crippen LogP contribution in [0, 0.1) is 6.92 Å². The molecule has 0 aliphatic carbocycles. The molecule has 0 unspecified atom stereocenters. The maximum absolute atomic E-state index is 11.0. The first-order valence-corrected chi connectivity index (χ1v) is 7.37. The molecular formula is C12H20O4S. The normalized spacial score (nSPS) is 10.2. The van der Waals surface area contributed by atoms with Gasteiger partial charge in [-0.05, 0) is 31.5 Å². The molecule has 0 heterocycles. The highest BCUT2D eigenvalue weighted by molar-refractivity contribution is 7.86. The topological polar surface area (TPSA) is 52.6 Å². The number of hydrogen-bond donors (Lipinski definition) is 0. The summed E-state index contributed by atoms with van der Waals surface area (Å²) in [5.41, 5.74) is 0.914. The molecule has 0 aliphatic heterocycles. The van der Waals surface area contributed by atoms with Gasteiger partial charge in [0.25, 0.3) is 0 Å². The Hall–Kier alpha value is -1.23. The van der Waals surface area contributed by atoms with Crippen molar-refractivity contribution in [2.75, 3.05) is 12.9 Å². The fourth-order valence-electron chi connectivity index (χ4n) is 1.12. The van der Waals surface area contributed by atoms with E-state index >= 15 is 0 Å². The molecule has 0 saturated carbocycles. The number of ether oxygens (including phenoxy) is 1. The van der Waals surface area contributed by atoms with Gasteiger partial charge in [0.2, 0.25) is 0 Å². The van der Waals surface area contributed by atoms with Gasteiger partial charge in [0.1, 0.15) is 0 Å². The van der Waals surface area contributed by atoms with Crippen LogP contribution in [-0.2, 0) is 10.1 Å². The molecule has 1 aromatic rings. The standard InChI is InChI=1S/C10H14O4S.C2H6/c1-4-13-9-6-5-8(2)7-10(9)14-15(3,11)12;1-2/h5-7H,4H2,1-3H3;1-2H3. The van der Waals surface area contributed by atoms with Gasteiger partial charge in [0.15, 0.2) is 11.5 Å². The Morgan fingerprint density at radius 3 is 2.24 bits per heavy atom. The summed E-state index contributed by atoms with van der Waals surface area (Å²) in [5.74, 6) is 0.674. The van der Waals surface area contributed by atoms with Gasteiger partial charge < -0.3 is 8.92 Å². The second kappa shape index (κ2) is 7.17. The van der Waals surface area contributed by atoms with Crippen LogP contribution in [0.2, 0.25) is 0 Å². The third-order valence-electron chi connectivity index (χ3n) is 1.64. The molecule has 0 atom stereocenters. The second-order valence-corrected chi connectivity index (χ2v) is 4.75. The molecule has 1 aromatic carbocycles. The summed E-state index contributed by atoms with van der Waals surface area (Å²) < 4.78 is 32.0. The first kappa shape index (κ1) is 15.8. The third-order valence-corrected chi connectivity index (χ3v) is 2.12. The lowest BCUT2D eigenvalue weighted by Gasteiger charge is -2.10. The van der Waals surface area contributed by atoms with E-state index in [9.17, 15) is 8.42 Å². The predicted octanol–water partition coefficient (Wildman–Crippen LogP) is 2.76. The lowest BCUT2D eigenvalue weighted by molar-refractivity contribution is 0.327. The Kier molecular flexibility index (Phi) is 6.65. The van der Waals surface area contributed by atoms with Crippen LogP contribution < -0.4 is 8.92 Å². The van der Waals surface area contributed by atoms with Gasteiger partial charge in [0.05, 0.1) is 12.9 Å². The molecule has 0 spiro atoms. The van der Waals surface area contributed by atoms with Crippen molar-refractivity contribution in [1.29, 1.82) is 0 Å². The summed E-state index contributed by atoms with van der Waals surface area (Å²) in [6, 6.07) is 5.16. The van der Waals surface area contributed by atoms with Crippen LogP contribution in [0.15, 0.2) is 18.2 Å². The monoisotopic (exact) mass is 260 g/mol. The first-order chi connectivity index (χ1) is 7.92. The Morgan fingerprint density at radius 1 is 1.18 bits per heavy atom. The fourth-order valence-corrected chi connectivity index (χ4v) is 1.57. The van der Waals surface area contributed by atoms with Crippen LogP contribution in [0.5, 0.6) is 11.5 Å². The van der Waals surface area contributed by atoms with E-state index in [4.69, 9.17) is 8.92 Å². The quantitative estimate of drug-likeness (QED) is 0.781. The van der Waals surface area contributed by atoms with E-state index < -0.39 is 10.1 Å². The molecule has 0 aliphatic rings. The minimum Gasteiger partial charge on any atom is -0.490 e. The molecule has 0 saturated heterocycles. The van der Waals surface area contributed by atoms with E-state index in [0.29, 0.717) is 12.4 Å². The van der Waals surface area contributed by atoms with Gasteiger partial charge in [-0.25, -0.2) is 0 Å². The van der Waals surface area contributed by atoms with Crippen molar-refractivity contribution < 1.29 is 17.3 Å². The molecular weight excluding hydrogens is 240 g/mol. The van der Waals surface area contributed by atoms with E-state index in [2.05, 4.69) is 0 Å². The molecule has 0 amide bonds. The Labute approximate surface area is 104 Å². The van der Waals surface area contributed by atoms with Crippen molar-refractivity contribution in [2.45, 2.75) is 27.7 Å². The number of aryl methyl sites for hydroxylation is 1. The van der Waals surface area contributed by atoms with Gasteiger partial charge >= 0.3 is 10.1 Å². The van der Waals surface area contributed by atoms with Crippen molar-refractivity contribution in [3.05, 3.63) is 23.8 Å². The average molecular weight is 260 g/mol. The lowest BCUT2D eigenvalue weighted by atomic mass is 10.2.